The van der Waals surface area contributed by atoms with E-state index in [0.717, 1.165) is 23.3 Å². The Kier molecular flexibility index (Phi) is 24.4. The van der Waals surface area contributed by atoms with E-state index in [1.54, 1.807) is 48.5 Å². The van der Waals surface area contributed by atoms with Crippen LogP contribution in [0.1, 0.15) is 88.2 Å². The van der Waals surface area contributed by atoms with E-state index in [-0.39, 0.29) is 76.8 Å². The van der Waals surface area contributed by atoms with Gasteiger partial charge >= 0.3 is 59.7 Å². The van der Waals surface area contributed by atoms with E-state index in [9.17, 15) is 47.9 Å². The van der Waals surface area contributed by atoms with Crippen molar-refractivity contribution in [2.45, 2.75) is 89.9 Å². The Morgan fingerprint density at radius 1 is 0.342 bits per heavy atom. The van der Waals surface area contributed by atoms with Crippen LogP contribution in [0.2, 0.25) is 0 Å². The monoisotopic (exact) mass is 1050 g/mol. The molecule has 2 fully saturated rings. The Labute approximate surface area is 439 Å². The van der Waals surface area contributed by atoms with Crippen LogP contribution < -0.4 is 18.9 Å². The average molecular weight is 1060 g/mol. The van der Waals surface area contributed by atoms with E-state index in [4.69, 9.17) is 47.4 Å². The molecule has 0 saturated heterocycles. The normalized spacial score (nSPS) is 16.7. The molecule has 0 atom stereocenters. The zero-order chi connectivity index (χ0) is 54.7. The maximum atomic E-state index is 13.0. The fourth-order valence-electron chi connectivity index (χ4n) is 7.93. The van der Waals surface area contributed by atoms with Gasteiger partial charge < -0.3 is 47.4 Å². The lowest BCUT2D eigenvalue weighted by molar-refractivity contribution is -0.152. The molecule has 0 aliphatic heterocycles. The van der Waals surface area contributed by atoms with Gasteiger partial charge in [0.2, 0.25) is 0 Å². The first kappa shape index (κ1) is 58.7. The van der Waals surface area contributed by atoms with Gasteiger partial charge in [-0.2, -0.15) is 0 Å². The number of carbonyl (C=O) groups excluding carboxylic acids is 10. The third-order valence-corrected chi connectivity index (χ3v) is 12.2. The van der Waals surface area contributed by atoms with Gasteiger partial charge in [-0.05, 0) is 111 Å². The van der Waals surface area contributed by atoms with Gasteiger partial charge in [-0.25, -0.2) is 9.59 Å². The van der Waals surface area contributed by atoms with Crippen LogP contribution >= 0.6 is 0 Å². The highest BCUT2D eigenvalue weighted by molar-refractivity contribution is 5.82. The van der Waals surface area contributed by atoms with Crippen LogP contribution in [0.5, 0.6) is 23.0 Å². The number of benzene rings is 3. The molecule has 3 aromatic rings. The summed E-state index contributed by atoms with van der Waals surface area (Å²) in [5, 5.41) is 0. The number of ether oxygens (including phenoxy) is 10. The molecule has 0 radical (unpaired) electrons. The van der Waals surface area contributed by atoms with Gasteiger partial charge in [-0.1, -0.05) is 37.4 Å². The van der Waals surface area contributed by atoms with E-state index >= 15 is 0 Å². The molecule has 20 nitrogen and oxygen atoms in total. The Hall–Kier alpha value is -8.16. The predicted molar refractivity (Wildman–Crippen MR) is 265 cm³/mol. The van der Waals surface area contributed by atoms with Crippen molar-refractivity contribution in [1.82, 2.24) is 0 Å². The second-order valence-corrected chi connectivity index (χ2v) is 17.7. The fraction of sp³-hybridized carbons (Fsp3) is 0.429. The molecule has 0 aromatic heterocycles. The van der Waals surface area contributed by atoms with Crippen LogP contribution in [0.4, 0.5) is 0 Å². The zero-order valence-electron chi connectivity index (χ0n) is 42.1. The van der Waals surface area contributed by atoms with E-state index in [1.165, 1.54) is 24.3 Å². The van der Waals surface area contributed by atoms with Gasteiger partial charge in [0, 0.05) is 25.0 Å². The summed E-state index contributed by atoms with van der Waals surface area (Å²) in [6.07, 6.45) is 5.57. The Morgan fingerprint density at radius 2 is 0.566 bits per heavy atom. The maximum absolute atomic E-state index is 13.0. The van der Waals surface area contributed by atoms with Gasteiger partial charge in [-0.15, -0.1) is 0 Å². The first-order valence-corrected chi connectivity index (χ1v) is 25.0. The summed E-state index contributed by atoms with van der Waals surface area (Å²) in [7, 11) is 0. The standard InChI is InChI=1S/C56H62O20/c1-3-47(57)69-33-35-71-51(61)27-25-49(59)67-31-29-37-5-17-43(18-6-37)73-53(63)39-9-13-41(14-10-39)55(65)75-45-21-23-46(24-22-45)76-56(66)42-15-11-40(12-16-42)54(64)74-44-19-7-38(8-20-44)30-32-68-50(60)26-28-52(62)72-36-34-70-48(58)4-2/h3-8,17-24,39-42H,1-2,9-16,25-36H2. The Balaban J connectivity index is 0.901. The van der Waals surface area contributed by atoms with Crippen LogP contribution in [0.15, 0.2) is 98.1 Å². The SMILES string of the molecule is C=CC(=O)OCCOC(=O)CCC(=O)OCCc1ccc(OC(=O)C2CCC(C(=O)Oc3ccc(OC(=O)C4CCC(C(=O)Oc5ccc(CCOC(=O)CCC(=O)OCCOC(=O)C=C)cc5)CC4)cc3)CC2)cc1. The van der Waals surface area contributed by atoms with E-state index in [1.807, 2.05) is 0 Å². The molecule has 2 aliphatic carbocycles. The molecule has 0 unspecified atom stereocenters. The van der Waals surface area contributed by atoms with Gasteiger partial charge in [-0.3, -0.25) is 38.4 Å². The van der Waals surface area contributed by atoms with Gasteiger partial charge in [0.15, 0.2) is 0 Å². The van der Waals surface area contributed by atoms with Crippen molar-refractivity contribution < 1.29 is 95.3 Å². The summed E-state index contributed by atoms with van der Waals surface area (Å²) >= 11 is 0. The Bertz CT molecular complexity index is 2310. The van der Waals surface area contributed by atoms with Crippen molar-refractivity contribution in [2.24, 2.45) is 23.7 Å². The van der Waals surface area contributed by atoms with Crippen LogP contribution in [0.25, 0.3) is 0 Å². The fourth-order valence-corrected chi connectivity index (χ4v) is 7.93. The number of esters is 10. The average Bonchev–Trinajstić information content (AvgIpc) is 3.43. The summed E-state index contributed by atoms with van der Waals surface area (Å²) in [5.41, 5.74) is 1.66. The number of hydrogen-bond donors (Lipinski definition) is 0. The topological polar surface area (TPSA) is 263 Å². The molecule has 3 aromatic carbocycles. The first-order valence-electron chi connectivity index (χ1n) is 25.0. The van der Waals surface area contributed by atoms with Crippen molar-refractivity contribution in [3.63, 3.8) is 0 Å². The van der Waals surface area contributed by atoms with Gasteiger partial charge in [0.25, 0.3) is 0 Å². The highest BCUT2D eigenvalue weighted by Crippen LogP contribution is 2.34. The minimum absolute atomic E-state index is 0.0774. The molecule has 0 amide bonds. The number of carbonyl (C=O) groups is 10. The first-order chi connectivity index (χ1) is 36.7. The molecule has 5 rings (SSSR count). The minimum atomic E-state index is -0.634. The second-order valence-electron chi connectivity index (χ2n) is 17.7. The summed E-state index contributed by atoms with van der Waals surface area (Å²) in [6, 6.07) is 19.7. The highest BCUT2D eigenvalue weighted by atomic mass is 16.6. The van der Waals surface area contributed by atoms with E-state index < -0.39 is 83.4 Å². The van der Waals surface area contributed by atoms with E-state index in [0.29, 0.717) is 75.7 Å². The quantitative estimate of drug-likeness (QED) is 0.0244. The Morgan fingerprint density at radius 3 is 0.816 bits per heavy atom. The molecule has 0 spiro atoms. The molecule has 2 aliphatic rings. The molecule has 0 heterocycles. The summed E-state index contributed by atoms with van der Waals surface area (Å²) in [6.45, 7) is 6.16. The molecule has 0 bridgehead atoms. The lowest BCUT2D eigenvalue weighted by atomic mass is 9.82. The molecular weight excluding hydrogens is 993 g/mol. The summed E-state index contributed by atoms with van der Waals surface area (Å²) < 4.78 is 52.0. The smallest absolute Gasteiger partial charge is 0.330 e. The van der Waals surface area contributed by atoms with Gasteiger partial charge in [0.05, 0.1) is 62.6 Å². The van der Waals surface area contributed by atoms with Crippen molar-refractivity contribution in [3.05, 3.63) is 109 Å². The lowest BCUT2D eigenvalue weighted by Gasteiger charge is -2.26. The molecule has 20 heteroatoms. The zero-order valence-corrected chi connectivity index (χ0v) is 42.1. The molecule has 0 N–H and O–H groups in total. The third-order valence-electron chi connectivity index (χ3n) is 12.2. The molecule has 406 valence electrons. The van der Waals surface area contributed by atoms with Gasteiger partial charge in [0.1, 0.15) is 49.4 Å². The van der Waals surface area contributed by atoms with Crippen molar-refractivity contribution in [1.29, 1.82) is 0 Å². The van der Waals surface area contributed by atoms with Crippen molar-refractivity contribution in [2.75, 3.05) is 39.6 Å². The molecular formula is C56H62O20. The number of rotatable bonds is 28. The third kappa shape index (κ3) is 21.4. The number of hydrogen-bond acceptors (Lipinski definition) is 20. The summed E-state index contributed by atoms with van der Waals surface area (Å²) in [4.78, 5) is 122. The van der Waals surface area contributed by atoms with Crippen LogP contribution in [0.3, 0.4) is 0 Å². The summed E-state index contributed by atoms with van der Waals surface area (Å²) in [5.74, 6) is -5.66. The lowest BCUT2D eigenvalue weighted by Crippen LogP contribution is -2.30. The largest absolute Gasteiger partial charge is 0.465 e. The molecule has 76 heavy (non-hydrogen) atoms. The van der Waals surface area contributed by atoms with Crippen molar-refractivity contribution >= 4 is 59.7 Å². The molecule has 2 saturated carbocycles. The van der Waals surface area contributed by atoms with Crippen LogP contribution in [-0.4, -0.2) is 99.3 Å². The van der Waals surface area contributed by atoms with Crippen LogP contribution in [0, 0.1) is 23.7 Å². The maximum Gasteiger partial charge on any atom is 0.330 e. The van der Waals surface area contributed by atoms with Crippen LogP contribution in [-0.2, 0) is 89.2 Å². The minimum Gasteiger partial charge on any atom is -0.465 e. The predicted octanol–water partition coefficient (Wildman–Crippen LogP) is 6.60. The highest BCUT2D eigenvalue weighted by Gasteiger charge is 2.34. The van der Waals surface area contributed by atoms with E-state index in [2.05, 4.69) is 13.2 Å². The van der Waals surface area contributed by atoms with Crippen molar-refractivity contribution in [3.8, 4) is 23.0 Å². The second kappa shape index (κ2) is 31.5.